The number of carbonyl (C=O) groups excluding carboxylic acids is 3. The molecule has 1 atom stereocenters. The van der Waals surface area contributed by atoms with Crippen LogP contribution in [0.15, 0.2) is 30.5 Å². The largest absolute Gasteiger partial charge is 0.460 e. The Morgan fingerprint density at radius 2 is 1.73 bits per heavy atom. The Bertz CT molecular complexity index is 1300. The number of benzene rings is 1. The number of ketones is 2. The van der Waals surface area contributed by atoms with E-state index in [2.05, 4.69) is 19.9 Å². The molecule has 4 N–H and O–H groups in total. The van der Waals surface area contributed by atoms with E-state index in [1.54, 1.807) is 39.1 Å². The van der Waals surface area contributed by atoms with Gasteiger partial charge in [-0.15, -0.1) is 0 Å². The molecule has 0 saturated heterocycles. The number of anilines is 3. The minimum atomic E-state index is -0.684. The van der Waals surface area contributed by atoms with Gasteiger partial charge in [-0.2, -0.15) is 9.97 Å². The van der Waals surface area contributed by atoms with E-state index in [-0.39, 0.29) is 42.6 Å². The molecule has 11 heteroatoms. The molecule has 1 aromatic carbocycles. The maximum atomic E-state index is 13.0. The monoisotopic (exact) mass is 507 g/mol. The highest BCUT2D eigenvalue weighted by atomic mass is 16.6. The summed E-state index contributed by atoms with van der Waals surface area (Å²) >= 11 is 0. The van der Waals surface area contributed by atoms with E-state index in [4.69, 9.17) is 16.2 Å². The first kappa shape index (κ1) is 27.4. The molecule has 0 aliphatic carbocycles. The number of ether oxygens (including phenoxy) is 1. The zero-order chi connectivity index (χ0) is 27.3. The molecule has 0 unspecified atom stereocenters. The number of rotatable bonds is 10. The van der Waals surface area contributed by atoms with Gasteiger partial charge in [0.05, 0.1) is 24.4 Å². The van der Waals surface area contributed by atoms with Gasteiger partial charge in [-0.3, -0.25) is 9.59 Å². The van der Waals surface area contributed by atoms with Crippen LogP contribution < -0.4 is 16.4 Å². The number of nitrogen functional groups attached to an aromatic ring is 2. The van der Waals surface area contributed by atoms with E-state index in [1.807, 2.05) is 24.1 Å². The zero-order valence-corrected chi connectivity index (χ0v) is 21.8. The predicted molar refractivity (Wildman–Crippen MR) is 141 cm³/mol. The van der Waals surface area contributed by atoms with Gasteiger partial charge in [0, 0.05) is 31.1 Å². The number of nitrogens with zero attached hydrogens (tertiary/aromatic N) is 5. The van der Waals surface area contributed by atoms with Crippen molar-refractivity contribution < 1.29 is 19.1 Å². The third-order valence-electron chi connectivity index (χ3n) is 5.55. The van der Waals surface area contributed by atoms with Crippen LogP contribution in [0.2, 0.25) is 0 Å². The Kier molecular flexibility index (Phi) is 8.36. The highest BCUT2D eigenvalue weighted by molar-refractivity contribution is 5.98. The van der Waals surface area contributed by atoms with Crippen LogP contribution in [0, 0.1) is 5.92 Å². The van der Waals surface area contributed by atoms with Gasteiger partial charge in [0.2, 0.25) is 5.95 Å². The Morgan fingerprint density at radius 3 is 2.35 bits per heavy atom. The van der Waals surface area contributed by atoms with E-state index < -0.39 is 17.5 Å². The minimum Gasteiger partial charge on any atom is -0.460 e. The molecular weight excluding hydrogens is 474 g/mol. The van der Waals surface area contributed by atoms with E-state index in [1.165, 1.54) is 6.92 Å². The van der Waals surface area contributed by atoms with Gasteiger partial charge < -0.3 is 25.9 Å². The summed E-state index contributed by atoms with van der Waals surface area (Å²) in [5, 5.41) is 0. The molecule has 11 nitrogen and oxygen atoms in total. The predicted octanol–water partition coefficient (Wildman–Crippen LogP) is 3.12. The lowest BCUT2D eigenvalue weighted by atomic mass is 9.93. The summed E-state index contributed by atoms with van der Waals surface area (Å²) in [4.78, 5) is 55.8. The Morgan fingerprint density at radius 1 is 1.05 bits per heavy atom. The van der Waals surface area contributed by atoms with Crippen LogP contribution in [-0.4, -0.2) is 50.1 Å². The molecule has 2 aromatic heterocycles. The van der Waals surface area contributed by atoms with Gasteiger partial charge in [0.15, 0.2) is 22.8 Å². The Balaban J connectivity index is 1.69. The highest BCUT2D eigenvalue weighted by Gasteiger charge is 2.28. The first-order chi connectivity index (χ1) is 17.3. The van der Waals surface area contributed by atoms with Gasteiger partial charge >= 0.3 is 5.97 Å². The average Bonchev–Trinajstić information content (AvgIpc) is 2.80. The van der Waals surface area contributed by atoms with Crippen LogP contribution >= 0.6 is 0 Å². The van der Waals surface area contributed by atoms with Crippen molar-refractivity contribution in [1.29, 1.82) is 0 Å². The number of Topliss-reactive ketones (excluding diaryl/α,β-unsaturated/α-hetero) is 2. The second-order valence-corrected chi connectivity index (χ2v) is 10.0. The topological polar surface area (TPSA) is 167 Å². The summed E-state index contributed by atoms with van der Waals surface area (Å²) < 4.78 is 5.47. The maximum absolute atomic E-state index is 13.0. The smallest absolute Gasteiger partial charge is 0.309 e. The van der Waals surface area contributed by atoms with Crippen LogP contribution in [0.5, 0.6) is 0 Å². The molecule has 0 fully saturated rings. The minimum absolute atomic E-state index is 0.0297. The average molecular weight is 508 g/mol. The fourth-order valence-corrected chi connectivity index (χ4v) is 3.70. The quantitative estimate of drug-likeness (QED) is 0.305. The Labute approximate surface area is 215 Å². The van der Waals surface area contributed by atoms with Crippen LogP contribution in [0.3, 0.4) is 0 Å². The number of nitrogens with two attached hydrogens (primary N) is 2. The molecule has 37 heavy (non-hydrogen) atoms. The fraction of sp³-hybridized carbons (Fsp3) is 0.423. The van der Waals surface area contributed by atoms with E-state index in [0.29, 0.717) is 29.0 Å². The van der Waals surface area contributed by atoms with Crippen molar-refractivity contribution in [2.45, 2.75) is 59.1 Å². The van der Waals surface area contributed by atoms with Crippen LogP contribution in [0.25, 0.3) is 11.2 Å². The van der Waals surface area contributed by atoms with Crippen LogP contribution in [0.1, 0.15) is 63.0 Å². The molecule has 0 spiro atoms. The standard InChI is InChI=1S/C26H33N7O4/c1-15(34)6-7-17(24(36)37-26(2,3)4)12-20(35)16-8-10-19(11-9-16)33(5)14-18-13-29-23-21(30-18)22(27)31-25(28)32-23/h8-11,13,17H,6-7,12,14H2,1-5H3,(H4,27,28,29,31,32)/t17-/m0/s1. The summed E-state index contributed by atoms with van der Waals surface area (Å²) in [5.41, 5.74) is 13.5. The van der Waals surface area contributed by atoms with Crippen molar-refractivity contribution in [3.63, 3.8) is 0 Å². The van der Waals surface area contributed by atoms with Gasteiger partial charge in [0.25, 0.3) is 0 Å². The summed E-state index contributed by atoms with van der Waals surface area (Å²) in [6, 6.07) is 7.06. The normalized spacial score (nSPS) is 12.2. The number of esters is 1. The molecule has 0 amide bonds. The van der Waals surface area contributed by atoms with Crippen molar-refractivity contribution in [2.75, 3.05) is 23.4 Å². The lowest BCUT2D eigenvalue weighted by Crippen LogP contribution is -2.30. The van der Waals surface area contributed by atoms with Gasteiger partial charge in [0.1, 0.15) is 11.4 Å². The van der Waals surface area contributed by atoms with Crippen molar-refractivity contribution in [2.24, 2.45) is 5.92 Å². The Hall–Kier alpha value is -4.15. The first-order valence-electron chi connectivity index (χ1n) is 11.9. The number of hydrogen-bond donors (Lipinski definition) is 2. The van der Waals surface area contributed by atoms with E-state index in [0.717, 1.165) is 5.69 Å². The molecule has 0 aliphatic rings. The maximum Gasteiger partial charge on any atom is 0.309 e. The van der Waals surface area contributed by atoms with Crippen molar-refractivity contribution in [1.82, 2.24) is 19.9 Å². The van der Waals surface area contributed by atoms with E-state index in [9.17, 15) is 14.4 Å². The molecule has 3 aromatic rings. The lowest BCUT2D eigenvalue weighted by Gasteiger charge is -2.23. The third-order valence-corrected chi connectivity index (χ3v) is 5.55. The summed E-state index contributed by atoms with van der Waals surface area (Å²) in [7, 11) is 1.88. The molecular formula is C26H33N7O4. The summed E-state index contributed by atoms with van der Waals surface area (Å²) in [6.45, 7) is 7.20. The lowest BCUT2D eigenvalue weighted by molar-refractivity contribution is -0.160. The second-order valence-electron chi connectivity index (χ2n) is 10.0. The molecule has 196 valence electrons. The van der Waals surface area contributed by atoms with Crippen molar-refractivity contribution in [3.05, 3.63) is 41.7 Å². The van der Waals surface area contributed by atoms with Gasteiger partial charge in [-0.25, -0.2) is 9.97 Å². The number of fused-ring (bicyclic) bond motifs is 1. The number of aromatic nitrogens is 4. The van der Waals surface area contributed by atoms with Crippen LogP contribution in [0.4, 0.5) is 17.5 Å². The fourth-order valence-electron chi connectivity index (χ4n) is 3.70. The first-order valence-corrected chi connectivity index (χ1v) is 11.9. The highest BCUT2D eigenvalue weighted by Crippen LogP contribution is 2.23. The second kappa shape index (κ2) is 11.3. The summed E-state index contributed by atoms with van der Waals surface area (Å²) in [5.74, 6) is -1.18. The molecule has 0 bridgehead atoms. The molecule has 0 saturated carbocycles. The molecule has 0 radical (unpaired) electrons. The van der Waals surface area contributed by atoms with E-state index >= 15 is 0 Å². The van der Waals surface area contributed by atoms with Gasteiger partial charge in [-0.05, 0) is 58.4 Å². The number of hydrogen-bond acceptors (Lipinski definition) is 11. The SMILES string of the molecule is CC(=O)CC[C@@H](CC(=O)c1ccc(N(C)Cc2cnc3nc(N)nc(N)c3n2)cc1)C(=O)OC(C)(C)C. The molecule has 3 rings (SSSR count). The van der Waals surface area contributed by atoms with Crippen molar-refractivity contribution in [3.8, 4) is 0 Å². The molecule has 2 heterocycles. The third kappa shape index (κ3) is 7.66. The van der Waals surface area contributed by atoms with Crippen LogP contribution in [-0.2, 0) is 20.9 Å². The molecule has 0 aliphatic heterocycles. The number of carbonyl (C=O) groups is 3. The van der Waals surface area contributed by atoms with Gasteiger partial charge in [-0.1, -0.05) is 0 Å². The zero-order valence-electron chi connectivity index (χ0n) is 21.8. The van der Waals surface area contributed by atoms with Crippen molar-refractivity contribution >= 4 is 46.2 Å². The summed E-state index contributed by atoms with van der Waals surface area (Å²) in [6.07, 6.45) is 2.05.